The van der Waals surface area contributed by atoms with Crippen molar-refractivity contribution in [2.24, 2.45) is 11.8 Å². The number of amides is 1. The molecule has 3 atom stereocenters. The highest BCUT2D eigenvalue weighted by molar-refractivity contribution is 6.99. The molecule has 2 aromatic carbocycles. The number of nitriles is 1. The normalized spacial score (nSPS) is 22.0. The molecule has 33 heavy (non-hydrogen) atoms. The van der Waals surface area contributed by atoms with E-state index in [0.717, 1.165) is 25.8 Å². The third-order valence-electron chi connectivity index (χ3n) is 7.62. The lowest BCUT2D eigenvalue weighted by Gasteiger charge is -2.44. The van der Waals surface area contributed by atoms with Crippen molar-refractivity contribution in [2.45, 2.75) is 64.0 Å². The highest BCUT2D eigenvalue weighted by Gasteiger charge is 2.51. The Labute approximate surface area is 199 Å². The monoisotopic (exact) mass is 460 g/mol. The van der Waals surface area contributed by atoms with Gasteiger partial charge in [0.25, 0.3) is 8.32 Å². The van der Waals surface area contributed by atoms with Gasteiger partial charge in [-0.05, 0) is 34.2 Å². The van der Waals surface area contributed by atoms with E-state index in [0.29, 0.717) is 18.9 Å². The molecule has 4 nitrogen and oxygen atoms in total. The molecule has 1 amide bonds. The van der Waals surface area contributed by atoms with Crippen LogP contribution in [-0.2, 0) is 9.22 Å². The van der Waals surface area contributed by atoms with Crippen LogP contribution in [0, 0.1) is 23.2 Å². The third kappa shape index (κ3) is 4.52. The molecule has 5 heteroatoms. The largest absolute Gasteiger partial charge is 0.405 e. The number of rotatable bonds is 7. The highest BCUT2D eigenvalue weighted by Crippen LogP contribution is 2.40. The number of benzene rings is 2. The summed E-state index contributed by atoms with van der Waals surface area (Å²) >= 11 is 0. The van der Waals surface area contributed by atoms with Crippen LogP contribution in [-0.4, -0.2) is 38.3 Å². The maximum Gasteiger partial charge on any atom is 0.261 e. The van der Waals surface area contributed by atoms with E-state index < -0.39 is 8.32 Å². The predicted molar refractivity (Wildman–Crippen MR) is 135 cm³/mol. The Morgan fingerprint density at radius 2 is 1.61 bits per heavy atom. The molecular weight excluding hydrogens is 424 g/mol. The van der Waals surface area contributed by atoms with Gasteiger partial charge in [0.2, 0.25) is 5.91 Å². The van der Waals surface area contributed by atoms with E-state index in [4.69, 9.17) is 4.43 Å². The topological polar surface area (TPSA) is 53.3 Å². The summed E-state index contributed by atoms with van der Waals surface area (Å²) < 4.78 is 7.09. The molecule has 1 aliphatic heterocycles. The highest BCUT2D eigenvalue weighted by atomic mass is 28.4. The number of carbonyl (C=O) groups is 1. The lowest BCUT2D eigenvalue weighted by atomic mass is 9.81. The summed E-state index contributed by atoms with van der Waals surface area (Å²) in [6, 6.07) is 23.3. The third-order valence-corrected chi connectivity index (χ3v) is 12.6. The van der Waals surface area contributed by atoms with Crippen molar-refractivity contribution < 1.29 is 9.22 Å². The fourth-order valence-corrected chi connectivity index (χ4v) is 10.6. The molecule has 0 bridgehead atoms. The van der Waals surface area contributed by atoms with Crippen LogP contribution in [0.2, 0.25) is 5.04 Å². The Bertz CT molecular complexity index is 941. The van der Waals surface area contributed by atoms with Crippen LogP contribution >= 0.6 is 0 Å². The summed E-state index contributed by atoms with van der Waals surface area (Å²) in [5, 5.41) is 11.9. The minimum atomic E-state index is -2.70. The molecule has 0 N–H and O–H groups in total. The van der Waals surface area contributed by atoms with Crippen molar-refractivity contribution in [1.29, 1.82) is 5.26 Å². The van der Waals surface area contributed by atoms with Crippen LogP contribution in [0.25, 0.3) is 0 Å². The smallest absolute Gasteiger partial charge is 0.261 e. The van der Waals surface area contributed by atoms with Gasteiger partial charge in [0.15, 0.2) is 0 Å². The van der Waals surface area contributed by atoms with Crippen molar-refractivity contribution in [2.75, 3.05) is 13.2 Å². The van der Waals surface area contributed by atoms with Gasteiger partial charge in [-0.1, -0.05) is 94.3 Å². The Balaban J connectivity index is 1.69. The summed E-state index contributed by atoms with van der Waals surface area (Å²) in [6.07, 6.45) is 4.78. The van der Waals surface area contributed by atoms with Gasteiger partial charge in [0.1, 0.15) is 0 Å². The second kappa shape index (κ2) is 9.83. The van der Waals surface area contributed by atoms with E-state index >= 15 is 0 Å². The average molecular weight is 461 g/mol. The lowest BCUT2D eigenvalue weighted by Crippen LogP contribution is -2.67. The maximum atomic E-state index is 13.3. The van der Waals surface area contributed by atoms with E-state index in [9.17, 15) is 10.1 Å². The first-order valence-electron chi connectivity index (χ1n) is 12.3. The van der Waals surface area contributed by atoms with E-state index in [2.05, 4.69) is 75.4 Å². The predicted octanol–water partition coefficient (Wildman–Crippen LogP) is 4.49. The van der Waals surface area contributed by atoms with Crippen molar-refractivity contribution >= 4 is 24.6 Å². The molecule has 0 aromatic heterocycles. The second-order valence-corrected chi connectivity index (χ2v) is 14.9. The van der Waals surface area contributed by atoms with Crippen LogP contribution in [0.4, 0.5) is 0 Å². The zero-order valence-corrected chi connectivity index (χ0v) is 21.2. The molecule has 2 aromatic rings. The number of fused-ring (bicyclic) bond motifs is 1. The molecule has 1 heterocycles. The van der Waals surface area contributed by atoms with Gasteiger partial charge in [-0.15, -0.1) is 0 Å². The Morgan fingerprint density at radius 1 is 1.03 bits per heavy atom. The Hall–Kier alpha value is -2.42. The van der Waals surface area contributed by atoms with Crippen LogP contribution in [0.5, 0.6) is 0 Å². The molecular formula is C28H36N2O2Si. The zero-order valence-electron chi connectivity index (χ0n) is 20.2. The fraction of sp³-hybridized carbons (Fsp3) is 0.500. The number of nitrogens with zero attached hydrogens (tertiary/aromatic N) is 2. The van der Waals surface area contributed by atoms with Crippen LogP contribution in [0.3, 0.4) is 0 Å². The molecule has 1 saturated carbocycles. The van der Waals surface area contributed by atoms with E-state index in [1.165, 1.54) is 16.8 Å². The minimum Gasteiger partial charge on any atom is -0.405 e. The molecule has 0 unspecified atom stereocenters. The molecule has 0 spiro atoms. The van der Waals surface area contributed by atoms with E-state index in [1.807, 2.05) is 17.0 Å². The first kappa shape index (κ1) is 23.7. The van der Waals surface area contributed by atoms with E-state index in [1.54, 1.807) is 0 Å². The summed E-state index contributed by atoms with van der Waals surface area (Å²) in [5.41, 5.74) is 0. The molecule has 4 rings (SSSR count). The van der Waals surface area contributed by atoms with Crippen molar-refractivity contribution in [3.8, 4) is 6.07 Å². The number of hydrogen-bond acceptors (Lipinski definition) is 3. The van der Waals surface area contributed by atoms with Gasteiger partial charge < -0.3 is 9.33 Å². The lowest BCUT2D eigenvalue weighted by molar-refractivity contribution is -0.134. The van der Waals surface area contributed by atoms with Crippen molar-refractivity contribution in [3.63, 3.8) is 0 Å². The molecule has 174 valence electrons. The standard InChI is InChI=1S/C28H36N2O2Si/c1-28(2,3)33(24-13-6-4-7-14-24,25-15-8-5-9-16-25)32-21-23(18-19-29)30-20-22-12-10-11-17-26(22)27(30)31/h4-9,13-16,22-23,26H,10-12,17-18,20-21H2,1-3H3/t22-,23-,26-/m1/s1. The summed E-state index contributed by atoms with van der Waals surface area (Å²) in [4.78, 5) is 15.3. The van der Waals surface area contributed by atoms with Crippen LogP contribution < -0.4 is 10.4 Å². The average Bonchev–Trinajstić information content (AvgIpc) is 3.16. The number of carbonyl (C=O) groups excluding carboxylic acids is 1. The number of likely N-dealkylation sites (tertiary alicyclic amines) is 1. The summed E-state index contributed by atoms with van der Waals surface area (Å²) in [6.45, 7) is 7.95. The molecule has 0 radical (unpaired) electrons. The molecule has 2 fully saturated rings. The van der Waals surface area contributed by atoms with Gasteiger partial charge in [0.05, 0.1) is 25.1 Å². The minimum absolute atomic E-state index is 0.129. The number of hydrogen-bond donors (Lipinski definition) is 0. The summed E-state index contributed by atoms with van der Waals surface area (Å²) in [5.74, 6) is 0.833. The first-order valence-corrected chi connectivity index (χ1v) is 14.2. The molecule has 1 aliphatic carbocycles. The van der Waals surface area contributed by atoms with Gasteiger partial charge in [-0.3, -0.25) is 4.79 Å². The summed E-state index contributed by atoms with van der Waals surface area (Å²) in [7, 11) is -2.70. The van der Waals surface area contributed by atoms with Gasteiger partial charge >= 0.3 is 0 Å². The zero-order chi connectivity index (χ0) is 23.5. The Morgan fingerprint density at radius 3 is 2.12 bits per heavy atom. The molecule has 2 aliphatic rings. The Kier molecular flexibility index (Phi) is 7.07. The quantitative estimate of drug-likeness (QED) is 0.572. The second-order valence-electron chi connectivity index (χ2n) is 10.6. The van der Waals surface area contributed by atoms with Crippen LogP contribution in [0.15, 0.2) is 60.7 Å². The van der Waals surface area contributed by atoms with Crippen molar-refractivity contribution in [1.82, 2.24) is 4.90 Å². The van der Waals surface area contributed by atoms with E-state index in [-0.39, 0.29) is 22.9 Å². The van der Waals surface area contributed by atoms with Gasteiger partial charge in [-0.25, -0.2) is 0 Å². The SMILES string of the molecule is CC(C)(C)[Si](OC[C@@H](CC#N)N1C[C@H]2CCCC[C@H]2C1=O)(c1ccccc1)c1ccccc1. The fourth-order valence-electron chi connectivity index (χ4n) is 5.98. The molecule has 1 saturated heterocycles. The van der Waals surface area contributed by atoms with Gasteiger partial charge in [0, 0.05) is 12.5 Å². The van der Waals surface area contributed by atoms with Gasteiger partial charge in [-0.2, -0.15) is 5.26 Å². The first-order chi connectivity index (χ1) is 15.9. The van der Waals surface area contributed by atoms with Crippen LogP contribution in [0.1, 0.15) is 52.9 Å². The van der Waals surface area contributed by atoms with Crippen molar-refractivity contribution in [3.05, 3.63) is 60.7 Å². The maximum absolute atomic E-state index is 13.3.